The van der Waals surface area contributed by atoms with Crippen LogP contribution in [0.15, 0.2) is 35.5 Å². The van der Waals surface area contributed by atoms with Gasteiger partial charge in [-0.05, 0) is 149 Å². The third-order valence-corrected chi connectivity index (χ3v) is 23.5. The third-order valence-electron chi connectivity index (χ3n) is 14.5. The van der Waals surface area contributed by atoms with Crippen molar-refractivity contribution in [1.82, 2.24) is 0 Å². The van der Waals surface area contributed by atoms with Crippen LogP contribution in [0.25, 0.3) is 0 Å². The Hall–Kier alpha value is -0.506. The van der Waals surface area contributed by atoms with E-state index in [0.29, 0.717) is 11.3 Å². The standard InChI is InChI=1S/C44H80O4Si2/c1-32(20-18-27-43(9,10)46-40-22-16-17-29-45-40)37-25-26-38-34(21-19-28-44(37,38)11)23-24-35-30-36(47-49(12,13)41(3,4)5)31-39(33(35)2)48-50(14,15)42(6,7)8/h23-24,32,36-40H,2,16-22,25-31H2,1,3-15H3/b34-23+,35-24+/t32-,36+,37-,38+,39-,40+,44-/m1/s1. The molecule has 1 saturated heterocycles. The average molecular weight is 729 g/mol. The molecule has 1 heterocycles. The molecule has 4 rings (SSSR count). The molecule has 288 valence electrons. The predicted molar refractivity (Wildman–Crippen MR) is 219 cm³/mol. The zero-order valence-corrected chi connectivity index (χ0v) is 37.4. The zero-order valence-electron chi connectivity index (χ0n) is 35.4. The van der Waals surface area contributed by atoms with E-state index in [1.165, 1.54) is 68.9 Å². The summed E-state index contributed by atoms with van der Waals surface area (Å²) in [6.45, 7) is 38.9. The molecule has 0 radical (unpaired) electrons. The summed E-state index contributed by atoms with van der Waals surface area (Å²) in [5.41, 5.74) is 4.51. The molecule has 0 unspecified atom stereocenters. The fourth-order valence-corrected chi connectivity index (χ4v) is 11.9. The van der Waals surface area contributed by atoms with E-state index in [9.17, 15) is 0 Å². The number of allylic oxidation sites excluding steroid dienone is 3. The van der Waals surface area contributed by atoms with Crippen molar-refractivity contribution in [2.24, 2.45) is 23.2 Å². The van der Waals surface area contributed by atoms with E-state index in [2.05, 4.69) is 108 Å². The van der Waals surface area contributed by atoms with E-state index in [-0.39, 0.29) is 34.2 Å². The summed E-state index contributed by atoms with van der Waals surface area (Å²) >= 11 is 0. The number of fused-ring (bicyclic) bond motifs is 1. The molecule has 0 aromatic rings. The normalized spacial score (nSPS) is 32.8. The van der Waals surface area contributed by atoms with Crippen molar-refractivity contribution < 1.29 is 18.3 Å². The highest BCUT2D eigenvalue weighted by Gasteiger charge is 2.51. The molecule has 3 aliphatic carbocycles. The molecule has 4 nitrogen and oxygen atoms in total. The summed E-state index contributed by atoms with van der Waals surface area (Å²) in [7, 11) is -3.91. The highest BCUT2D eigenvalue weighted by Crippen LogP contribution is 2.60. The van der Waals surface area contributed by atoms with Gasteiger partial charge in [0.15, 0.2) is 22.9 Å². The second-order valence-electron chi connectivity index (χ2n) is 20.9. The lowest BCUT2D eigenvalue weighted by Crippen LogP contribution is -2.49. The van der Waals surface area contributed by atoms with Crippen LogP contribution >= 0.6 is 0 Å². The smallest absolute Gasteiger partial charge is 0.192 e. The van der Waals surface area contributed by atoms with Gasteiger partial charge < -0.3 is 18.3 Å². The Balaban J connectivity index is 1.47. The molecule has 0 N–H and O–H groups in total. The van der Waals surface area contributed by atoms with Gasteiger partial charge in [-0.2, -0.15) is 0 Å². The highest BCUT2D eigenvalue weighted by atomic mass is 28.4. The Bertz CT molecular complexity index is 1210. The molecular weight excluding hydrogens is 649 g/mol. The third kappa shape index (κ3) is 10.2. The molecule has 50 heavy (non-hydrogen) atoms. The first-order valence-electron chi connectivity index (χ1n) is 20.7. The van der Waals surface area contributed by atoms with Crippen LogP contribution in [0.1, 0.15) is 153 Å². The minimum absolute atomic E-state index is 0.00920. The van der Waals surface area contributed by atoms with Crippen LogP contribution in [0, 0.1) is 23.2 Å². The topological polar surface area (TPSA) is 36.9 Å². The summed E-state index contributed by atoms with van der Waals surface area (Å²) in [6.07, 6.45) is 20.7. The first-order chi connectivity index (χ1) is 23.0. The fraction of sp³-hybridized carbons (Fsp3) is 0.864. The van der Waals surface area contributed by atoms with Gasteiger partial charge in [-0.3, -0.25) is 0 Å². The lowest BCUT2D eigenvalue weighted by Gasteiger charge is -2.46. The van der Waals surface area contributed by atoms with Gasteiger partial charge in [-0.25, -0.2) is 0 Å². The predicted octanol–water partition coefficient (Wildman–Crippen LogP) is 13.3. The van der Waals surface area contributed by atoms with Crippen LogP contribution in [0.5, 0.6) is 0 Å². The summed E-state index contributed by atoms with van der Waals surface area (Å²) in [4.78, 5) is 0. The molecule has 4 aliphatic rings. The molecular formula is C44H80O4Si2. The Morgan fingerprint density at radius 2 is 1.56 bits per heavy atom. The first kappa shape index (κ1) is 42.2. The van der Waals surface area contributed by atoms with Crippen LogP contribution in [-0.2, 0) is 18.3 Å². The van der Waals surface area contributed by atoms with Crippen molar-refractivity contribution in [3.63, 3.8) is 0 Å². The number of ether oxygens (including phenoxy) is 2. The maximum absolute atomic E-state index is 7.12. The summed E-state index contributed by atoms with van der Waals surface area (Å²) in [6, 6.07) is 0. The van der Waals surface area contributed by atoms with Crippen LogP contribution in [-0.4, -0.2) is 47.3 Å². The Morgan fingerprint density at radius 3 is 2.18 bits per heavy atom. The van der Waals surface area contributed by atoms with Crippen molar-refractivity contribution in [3.05, 3.63) is 35.5 Å². The number of hydrogen-bond donors (Lipinski definition) is 0. The van der Waals surface area contributed by atoms with Gasteiger partial charge in [0.2, 0.25) is 0 Å². The van der Waals surface area contributed by atoms with E-state index in [4.69, 9.17) is 24.9 Å². The van der Waals surface area contributed by atoms with Gasteiger partial charge >= 0.3 is 0 Å². The lowest BCUT2D eigenvalue weighted by molar-refractivity contribution is -0.217. The Morgan fingerprint density at radius 1 is 0.900 bits per heavy atom. The van der Waals surface area contributed by atoms with Gasteiger partial charge in [0.25, 0.3) is 0 Å². The van der Waals surface area contributed by atoms with Crippen molar-refractivity contribution in [1.29, 1.82) is 0 Å². The number of rotatable bonds is 12. The van der Waals surface area contributed by atoms with Crippen LogP contribution in [0.4, 0.5) is 0 Å². The molecule has 1 aliphatic heterocycles. The molecule has 0 aromatic heterocycles. The second kappa shape index (κ2) is 16.1. The van der Waals surface area contributed by atoms with Crippen molar-refractivity contribution in [3.8, 4) is 0 Å². The summed E-state index contributed by atoms with van der Waals surface area (Å²) in [5, 5.41) is 0.336. The first-order valence-corrected chi connectivity index (χ1v) is 26.5. The molecule has 0 bridgehead atoms. The van der Waals surface area contributed by atoms with Crippen LogP contribution in [0.2, 0.25) is 36.3 Å². The second-order valence-corrected chi connectivity index (χ2v) is 30.4. The van der Waals surface area contributed by atoms with Gasteiger partial charge in [0.05, 0.1) is 17.8 Å². The largest absolute Gasteiger partial charge is 0.413 e. The van der Waals surface area contributed by atoms with E-state index >= 15 is 0 Å². The van der Waals surface area contributed by atoms with Crippen molar-refractivity contribution in [2.45, 2.75) is 213 Å². The number of hydrogen-bond acceptors (Lipinski definition) is 4. The van der Waals surface area contributed by atoms with E-state index in [0.717, 1.165) is 44.1 Å². The molecule has 3 saturated carbocycles. The Labute approximate surface area is 312 Å². The van der Waals surface area contributed by atoms with Gasteiger partial charge in [-0.1, -0.05) is 92.5 Å². The van der Waals surface area contributed by atoms with Crippen LogP contribution < -0.4 is 0 Å². The van der Waals surface area contributed by atoms with Gasteiger partial charge in [-0.15, -0.1) is 0 Å². The zero-order chi connectivity index (χ0) is 37.3. The molecule has 0 aromatic carbocycles. The molecule has 0 spiro atoms. The molecule has 4 fully saturated rings. The Kier molecular flexibility index (Phi) is 13.6. The van der Waals surface area contributed by atoms with E-state index in [1.54, 1.807) is 5.57 Å². The molecule has 7 atom stereocenters. The highest BCUT2D eigenvalue weighted by molar-refractivity contribution is 6.74. The van der Waals surface area contributed by atoms with E-state index in [1.807, 2.05) is 0 Å². The van der Waals surface area contributed by atoms with Crippen molar-refractivity contribution in [2.75, 3.05) is 6.61 Å². The molecule has 0 amide bonds. The van der Waals surface area contributed by atoms with Gasteiger partial charge in [0, 0.05) is 13.0 Å². The maximum atomic E-state index is 7.12. The summed E-state index contributed by atoms with van der Waals surface area (Å²) < 4.78 is 26.6. The lowest BCUT2D eigenvalue weighted by atomic mass is 9.60. The molecule has 6 heteroatoms. The quantitative estimate of drug-likeness (QED) is 0.188. The minimum Gasteiger partial charge on any atom is -0.413 e. The average Bonchev–Trinajstić information content (AvgIpc) is 3.34. The minimum atomic E-state index is -1.98. The van der Waals surface area contributed by atoms with Gasteiger partial charge in [0.1, 0.15) is 0 Å². The monoisotopic (exact) mass is 729 g/mol. The summed E-state index contributed by atoms with van der Waals surface area (Å²) in [5.74, 6) is 2.23. The van der Waals surface area contributed by atoms with Crippen LogP contribution in [0.3, 0.4) is 0 Å². The fourth-order valence-electron chi connectivity index (χ4n) is 9.25. The SMILES string of the molecule is C=C1/C(=C/C=C2\CCC[C@]3(C)[C@@H]([C@H](C)CCCC(C)(C)O[C@H]4CCCCO4)CC[C@@H]23)C[C@H](O[Si](C)(C)C(C)(C)C)C[C@H]1O[Si](C)(C)C(C)(C)C. The van der Waals surface area contributed by atoms with E-state index < -0.39 is 16.6 Å². The maximum Gasteiger partial charge on any atom is 0.192 e. The van der Waals surface area contributed by atoms with Crippen molar-refractivity contribution >= 4 is 16.6 Å².